The molecule has 17 nitrogen and oxygen atoms in total. The molecule has 332 valence electrons. The van der Waals surface area contributed by atoms with E-state index >= 15 is 4.39 Å². The lowest BCUT2D eigenvalue weighted by Crippen LogP contribution is -2.54. The number of rotatable bonds is 15. The summed E-state index contributed by atoms with van der Waals surface area (Å²) in [5.74, 6) is -4.37. The molecule has 3 atom stereocenters. The van der Waals surface area contributed by atoms with Crippen molar-refractivity contribution in [1.29, 1.82) is 0 Å². The van der Waals surface area contributed by atoms with Gasteiger partial charge in [0.05, 0.1) is 54.7 Å². The predicted octanol–water partition coefficient (Wildman–Crippen LogP) is 1.16. The Hall–Kier alpha value is -6.53. The zero-order valence-corrected chi connectivity index (χ0v) is 35.6. The summed E-state index contributed by atoms with van der Waals surface area (Å²) < 4.78 is 22.2. The van der Waals surface area contributed by atoms with Gasteiger partial charge in [0.1, 0.15) is 18.5 Å². The van der Waals surface area contributed by atoms with E-state index in [0.717, 1.165) is 5.56 Å². The quantitative estimate of drug-likeness (QED) is 0.0814. The summed E-state index contributed by atoms with van der Waals surface area (Å²) in [5, 5.41) is 20.3. The van der Waals surface area contributed by atoms with Crippen molar-refractivity contribution in [2.75, 3.05) is 26.2 Å². The van der Waals surface area contributed by atoms with Crippen LogP contribution in [0.3, 0.4) is 0 Å². The number of halogens is 1. The minimum atomic E-state index is -2.05. The number of nitrogens with one attached hydrogen (secondary N) is 3. The Morgan fingerprint density at radius 3 is 2.51 bits per heavy atom. The lowest BCUT2D eigenvalue weighted by molar-refractivity contribution is -0.172. The van der Waals surface area contributed by atoms with Gasteiger partial charge in [0.25, 0.3) is 5.56 Å². The summed E-state index contributed by atoms with van der Waals surface area (Å²) in [6.45, 7) is 5.06. The molecule has 0 fully saturated rings. The third-order valence-corrected chi connectivity index (χ3v) is 12.5. The number of esters is 1. The second-order valence-electron chi connectivity index (χ2n) is 17.0. The van der Waals surface area contributed by atoms with E-state index in [-0.39, 0.29) is 56.6 Å². The van der Waals surface area contributed by atoms with Crippen molar-refractivity contribution in [2.45, 2.75) is 90.6 Å². The highest BCUT2D eigenvalue weighted by Gasteiger charge is 2.46. The van der Waals surface area contributed by atoms with Gasteiger partial charge in [-0.1, -0.05) is 51.1 Å². The highest BCUT2D eigenvalue weighted by Crippen LogP contribution is 2.46. The molecule has 1 aliphatic carbocycles. The number of ether oxygens (including phenoxy) is 1. The number of nitrogens with two attached hydrogens (primary N) is 2. The number of pyridine rings is 2. The fraction of sp³-hybridized carbons (Fsp3) is 0.422. The minimum Gasteiger partial charge on any atom is -0.458 e. The number of hydrogen-bond donors (Lipinski definition) is 6. The van der Waals surface area contributed by atoms with Crippen LogP contribution in [-0.2, 0) is 65.1 Å². The smallest absolute Gasteiger partial charge is 0.343 e. The fourth-order valence-electron chi connectivity index (χ4n) is 8.80. The van der Waals surface area contributed by atoms with E-state index in [2.05, 4.69) is 16.0 Å². The Kier molecular flexibility index (Phi) is 12.2. The Balaban J connectivity index is 1.18. The van der Waals surface area contributed by atoms with Crippen LogP contribution in [0.5, 0.6) is 0 Å². The van der Waals surface area contributed by atoms with E-state index in [1.165, 1.54) is 15.5 Å². The molecule has 2 aromatic carbocycles. The van der Waals surface area contributed by atoms with E-state index in [1.54, 1.807) is 64.1 Å². The molecule has 0 spiro atoms. The average molecular weight is 867 g/mol. The van der Waals surface area contributed by atoms with Gasteiger partial charge in [0, 0.05) is 41.0 Å². The van der Waals surface area contributed by atoms with Crippen molar-refractivity contribution in [2.24, 2.45) is 16.9 Å². The lowest BCUT2D eigenvalue weighted by Gasteiger charge is -2.34. The second-order valence-corrected chi connectivity index (χ2v) is 17.0. The Labute approximate surface area is 361 Å². The first kappa shape index (κ1) is 44.5. The van der Waals surface area contributed by atoms with E-state index < -0.39 is 83.1 Å². The second kappa shape index (κ2) is 17.3. The monoisotopic (exact) mass is 866 g/mol. The van der Waals surface area contributed by atoms with Crippen LogP contribution in [0.1, 0.15) is 85.0 Å². The van der Waals surface area contributed by atoms with Crippen LogP contribution in [0.4, 0.5) is 4.39 Å². The summed E-state index contributed by atoms with van der Waals surface area (Å²) in [7, 11) is 0. The molecule has 5 amide bonds. The number of carbonyl (C=O) groups excluding carboxylic acids is 6. The molecular weight excluding hydrogens is 816 g/mol. The van der Waals surface area contributed by atoms with E-state index in [9.17, 15) is 38.7 Å². The lowest BCUT2D eigenvalue weighted by atomic mass is 9.80. The van der Waals surface area contributed by atoms with Gasteiger partial charge in [-0.2, -0.15) is 0 Å². The van der Waals surface area contributed by atoms with Crippen molar-refractivity contribution >= 4 is 46.4 Å². The maximum atomic E-state index is 15.5. The first-order valence-electron chi connectivity index (χ1n) is 20.9. The average Bonchev–Trinajstić information content (AvgIpc) is 3.63. The van der Waals surface area contributed by atoms with Crippen molar-refractivity contribution in [1.82, 2.24) is 30.4 Å². The van der Waals surface area contributed by atoms with Gasteiger partial charge < -0.3 is 46.7 Å². The molecule has 2 aliphatic heterocycles. The molecule has 0 saturated heterocycles. The number of carbonyl (C=O) groups is 6. The van der Waals surface area contributed by atoms with Gasteiger partial charge in [-0.25, -0.2) is 14.2 Å². The zero-order valence-electron chi connectivity index (χ0n) is 35.6. The van der Waals surface area contributed by atoms with Crippen molar-refractivity contribution < 1.29 is 43.0 Å². The largest absolute Gasteiger partial charge is 0.458 e. The molecule has 0 unspecified atom stereocenters. The van der Waals surface area contributed by atoms with Crippen LogP contribution in [0.25, 0.3) is 22.3 Å². The highest BCUT2D eigenvalue weighted by atomic mass is 19.1. The molecule has 4 aromatic rings. The number of nitrogens with zero attached hydrogens (tertiary/aromatic N) is 3. The standard InChI is InChI=1S/C45H51FN8O9/c1-5-45(62)28-16-33-39-26(20-54(33)40(58)27(28)22-63-43(45)61)38-30(12-11-25-23(2)29(46)17-31(51-39)37(25)38)52-42(60)44(3,4)13-14-53(21-34(48)55)41(59)32(15-24-9-7-6-8-10-24)50-36(57)19-49-35(56)18-47/h6-10,16-17,30,32,62H,5,11-15,18-22,47H2,1-4H3,(H2,48,55)(H,49,56)(H,50,57)(H,52,60)/t30-,32-,45-/m0/s1. The number of benzene rings is 2. The molecule has 7 rings (SSSR count). The zero-order chi connectivity index (χ0) is 45.5. The summed E-state index contributed by atoms with van der Waals surface area (Å²) >= 11 is 0. The van der Waals surface area contributed by atoms with E-state index in [4.69, 9.17) is 21.2 Å². The maximum absolute atomic E-state index is 15.5. The van der Waals surface area contributed by atoms with Gasteiger partial charge >= 0.3 is 5.97 Å². The topological polar surface area (TPSA) is 258 Å². The van der Waals surface area contributed by atoms with Gasteiger partial charge in [-0.05, 0) is 60.9 Å². The first-order chi connectivity index (χ1) is 29.9. The molecule has 63 heavy (non-hydrogen) atoms. The first-order valence-corrected chi connectivity index (χ1v) is 20.9. The SMILES string of the molecule is CC[C@@]1(O)C(=O)OCc2c1cc1n(c2=O)Cc2c-1nc1cc(F)c(C)c3c1c2[C@@H](NC(=O)C(C)(C)CCN(CC(N)=O)C(=O)[C@H](Cc1ccccc1)NC(=O)CNC(=O)CN)CC3. The minimum absolute atomic E-state index is 0.0431. The third kappa shape index (κ3) is 8.39. The number of aliphatic hydroxyl groups is 1. The molecule has 0 bridgehead atoms. The number of primary amides is 1. The number of fused-ring (bicyclic) bond motifs is 5. The fourth-order valence-corrected chi connectivity index (χ4v) is 8.80. The van der Waals surface area contributed by atoms with Crippen LogP contribution in [0.15, 0.2) is 47.3 Å². The number of hydrogen-bond acceptors (Lipinski definition) is 11. The van der Waals surface area contributed by atoms with Crippen LogP contribution in [0, 0.1) is 18.2 Å². The molecular formula is C45H51FN8O9. The maximum Gasteiger partial charge on any atom is 0.343 e. The molecule has 0 radical (unpaired) electrons. The summed E-state index contributed by atoms with van der Waals surface area (Å²) in [4.78, 5) is 98.5. The van der Waals surface area contributed by atoms with Crippen LogP contribution >= 0.6 is 0 Å². The summed E-state index contributed by atoms with van der Waals surface area (Å²) in [6, 6.07) is 10.0. The normalized spacial score (nSPS) is 17.8. The Bertz CT molecular complexity index is 2630. The van der Waals surface area contributed by atoms with Crippen LogP contribution in [0.2, 0.25) is 0 Å². The molecule has 18 heteroatoms. The Morgan fingerprint density at radius 2 is 1.83 bits per heavy atom. The molecule has 2 aromatic heterocycles. The molecule has 4 heterocycles. The summed E-state index contributed by atoms with van der Waals surface area (Å²) in [5.41, 5.74) is 11.8. The number of aryl methyl sites for hydroxylation is 1. The number of amides is 5. The van der Waals surface area contributed by atoms with Crippen molar-refractivity contribution in [3.8, 4) is 11.4 Å². The van der Waals surface area contributed by atoms with Gasteiger partial charge in [0.2, 0.25) is 29.5 Å². The van der Waals surface area contributed by atoms with E-state index in [1.807, 2.05) is 0 Å². The highest BCUT2D eigenvalue weighted by molar-refractivity contribution is 5.95. The van der Waals surface area contributed by atoms with Crippen molar-refractivity contribution in [3.05, 3.63) is 97.6 Å². The third-order valence-electron chi connectivity index (χ3n) is 12.5. The van der Waals surface area contributed by atoms with Gasteiger partial charge in [-0.15, -0.1) is 0 Å². The van der Waals surface area contributed by atoms with E-state index in [0.29, 0.717) is 57.4 Å². The Morgan fingerprint density at radius 1 is 1.10 bits per heavy atom. The van der Waals surface area contributed by atoms with Crippen LogP contribution < -0.4 is 33.0 Å². The van der Waals surface area contributed by atoms with Crippen LogP contribution in [-0.4, -0.2) is 87.3 Å². The van der Waals surface area contributed by atoms with Gasteiger partial charge in [0.15, 0.2) is 5.60 Å². The number of cyclic esters (lactones) is 1. The predicted molar refractivity (Wildman–Crippen MR) is 227 cm³/mol. The van der Waals surface area contributed by atoms with Crippen molar-refractivity contribution in [3.63, 3.8) is 0 Å². The van der Waals surface area contributed by atoms with Gasteiger partial charge in [-0.3, -0.25) is 28.8 Å². The number of aromatic nitrogens is 2. The molecule has 3 aliphatic rings. The molecule has 0 saturated carbocycles. The molecule has 8 N–H and O–H groups in total. The summed E-state index contributed by atoms with van der Waals surface area (Å²) in [6.07, 6.45) is 0.855.